The van der Waals surface area contributed by atoms with Crippen molar-refractivity contribution in [2.24, 2.45) is 0 Å². The zero-order valence-corrected chi connectivity index (χ0v) is 16.2. The Hall–Kier alpha value is -0.520. The van der Waals surface area contributed by atoms with Gasteiger partial charge in [0.2, 0.25) is 0 Å². The van der Waals surface area contributed by atoms with Crippen molar-refractivity contribution in [1.29, 1.82) is 0 Å². The van der Waals surface area contributed by atoms with Crippen molar-refractivity contribution >= 4 is 15.6 Å². The van der Waals surface area contributed by atoms with Crippen molar-refractivity contribution in [2.45, 2.75) is 53.4 Å². The third kappa shape index (κ3) is 15.0. The summed E-state index contributed by atoms with van der Waals surface area (Å²) in [7, 11) is -10.2. The first-order valence-corrected chi connectivity index (χ1v) is 10.3. The molecule has 0 saturated heterocycles. The van der Waals surface area contributed by atoms with E-state index in [4.69, 9.17) is 13.9 Å². The molecule has 0 aliphatic carbocycles. The highest BCUT2D eigenvalue weighted by atomic mass is 31.3. The minimum atomic E-state index is -5.19. The van der Waals surface area contributed by atoms with Crippen LogP contribution in [0.3, 0.4) is 0 Å². The zero-order valence-electron chi connectivity index (χ0n) is 17.4. The van der Waals surface area contributed by atoms with E-state index < -0.39 is 22.3 Å². The Bertz CT molecular complexity index is 706. The third-order valence-corrected chi connectivity index (χ3v) is 4.85. The number of allylic oxidation sites excluding steroid dienone is 5. The third-order valence-electron chi connectivity index (χ3n) is 2.72. The highest BCUT2D eigenvalue weighted by Crippen LogP contribution is 2.57. The van der Waals surface area contributed by atoms with Gasteiger partial charge in [-0.1, -0.05) is 34.9 Å². The fourth-order valence-corrected chi connectivity index (χ4v) is 3.03. The van der Waals surface area contributed by atoms with E-state index in [2.05, 4.69) is 8.83 Å². The Balaban J connectivity index is 4.70. The summed E-state index contributed by atoms with van der Waals surface area (Å²) in [6.45, 7) is 6.51. The minimum absolute atomic E-state index is 0.137. The molecule has 7 nitrogen and oxygen atoms in total. The predicted molar refractivity (Wildman–Crippen MR) is 94.3 cm³/mol. The van der Waals surface area contributed by atoms with E-state index in [-0.39, 0.29) is 6.05 Å². The Labute approximate surface area is 148 Å². The normalized spacial score (nSPS) is 18.5. The van der Waals surface area contributed by atoms with E-state index >= 15 is 0 Å². The Kier molecular flexibility index (Phi) is 8.50. The molecule has 0 heterocycles. The van der Waals surface area contributed by atoms with Crippen LogP contribution in [0, 0.1) is 0 Å². The molecule has 0 aliphatic rings. The van der Waals surface area contributed by atoms with E-state index in [1.165, 1.54) is 0 Å². The van der Waals surface area contributed by atoms with Gasteiger partial charge >= 0.3 is 15.6 Å². The van der Waals surface area contributed by atoms with E-state index in [0.29, 0.717) is 43.4 Å². The monoisotopic (exact) mass is 385 g/mol. The maximum absolute atomic E-state index is 11.3. The topological polar surface area (TPSA) is 113 Å². The first-order chi connectivity index (χ1) is 12.1. The van der Waals surface area contributed by atoms with Gasteiger partial charge in [0.05, 0.1) is 10.7 Å². The van der Waals surface area contributed by atoms with Crippen LogP contribution in [0.1, 0.15) is 57.5 Å². The molecule has 0 radical (unpaired) electrons. The smallest absolute Gasteiger partial charge is 0.302 e. The Morgan fingerprint density at radius 1 is 0.958 bits per heavy atom. The summed E-state index contributed by atoms with van der Waals surface area (Å²) in [6.07, 6.45) is 1.88. The van der Waals surface area contributed by atoms with Crippen LogP contribution in [0.25, 0.3) is 0 Å². The highest BCUT2D eigenvalue weighted by Gasteiger charge is 2.31. The number of hydrogen-bond acceptors (Lipinski definition) is 4. The molecule has 0 saturated carbocycles. The highest BCUT2D eigenvalue weighted by molar-refractivity contribution is 7.60. The molecule has 0 fully saturated rings. The number of hydrogen-bond donors (Lipinski definition) is 3. The molecule has 3 N–H and O–H groups in total. The SMILES string of the molecule is [2H]C(CC/C(C)=C(\[2H])CC/C(C)=C(\[2H])COP(=O)(O)OP(=O)(O)O)=C(C)C. The second kappa shape index (κ2) is 11.2. The molecular formula is C15H28O7P2. The van der Waals surface area contributed by atoms with Crippen molar-refractivity contribution in [3.8, 4) is 0 Å². The quantitative estimate of drug-likeness (QED) is 0.351. The summed E-state index contributed by atoms with van der Waals surface area (Å²) in [4.78, 5) is 26.2. The molecule has 0 spiro atoms. The maximum atomic E-state index is 11.3. The average molecular weight is 385 g/mol. The van der Waals surface area contributed by atoms with Crippen molar-refractivity contribution in [3.63, 3.8) is 0 Å². The van der Waals surface area contributed by atoms with E-state index in [1.807, 2.05) is 20.8 Å². The van der Waals surface area contributed by atoms with Crippen LogP contribution in [0.4, 0.5) is 0 Å². The molecule has 1 unspecified atom stereocenters. The lowest BCUT2D eigenvalue weighted by atomic mass is 10.1. The molecule has 0 aromatic carbocycles. The van der Waals surface area contributed by atoms with Crippen LogP contribution < -0.4 is 0 Å². The zero-order chi connectivity index (χ0) is 21.4. The molecule has 0 aliphatic heterocycles. The maximum Gasteiger partial charge on any atom is 0.481 e. The van der Waals surface area contributed by atoms with E-state index in [1.54, 1.807) is 6.92 Å². The molecule has 0 rings (SSSR count). The lowest BCUT2D eigenvalue weighted by molar-refractivity contribution is 0.191. The fraction of sp³-hybridized carbons (Fsp3) is 0.600. The number of phosphoric acid groups is 2. The first kappa shape index (κ1) is 18.3. The van der Waals surface area contributed by atoms with Crippen molar-refractivity contribution < 1.29 is 36.8 Å². The van der Waals surface area contributed by atoms with Crippen LogP contribution in [0.15, 0.2) is 34.9 Å². The van der Waals surface area contributed by atoms with Gasteiger partial charge in [0.1, 0.15) is 0 Å². The second-order valence-corrected chi connectivity index (χ2v) is 8.23. The molecule has 9 heteroatoms. The fourth-order valence-electron chi connectivity index (χ4n) is 1.54. The molecule has 0 aromatic heterocycles. The molecule has 140 valence electrons. The molecule has 0 bridgehead atoms. The van der Waals surface area contributed by atoms with Crippen LogP contribution in [-0.2, 0) is 18.0 Å². The largest absolute Gasteiger partial charge is 0.481 e. The summed E-state index contributed by atoms with van der Waals surface area (Å²) in [5, 5.41) is 0. The van der Waals surface area contributed by atoms with E-state index in [0.717, 1.165) is 11.1 Å². The van der Waals surface area contributed by atoms with E-state index in [9.17, 15) is 14.0 Å². The lowest BCUT2D eigenvalue weighted by Gasteiger charge is -2.11. The molecule has 24 heavy (non-hydrogen) atoms. The van der Waals surface area contributed by atoms with Crippen molar-refractivity contribution in [3.05, 3.63) is 34.9 Å². The molecule has 1 atom stereocenters. The van der Waals surface area contributed by atoms with Gasteiger partial charge in [0.25, 0.3) is 0 Å². The minimum Gasteiger partial charge on any atom is -0.302 e. The van der Waals surface area contributed by atoms with Gasteiger partial charge < -0.3 is 14.7 Å². The summed E-state index contributed by atoms with van der Waals surface area (Å²) < 4.78 is 53.6. The van der Waals surface area contributed by atoms with Crippen LogP contribution >= 0.6 is 15.6 Å². The molecule has 0 amide bonds. The predicted octanol–water partition coefficient (Wildman–Crippen LogP) is 4.63. The van der Waals surface area contributed by atoms with Gasteiger partial charge in [-0.2, -0.15) is 4.31 Å². The van der Waals surface area contributed by atoms with Gasteiger partial charge in [-0.15, -0.1) is 0 Å². The average Bonchev–Trinajstić information content (AvgIpc) is 2.52. The second-order valence-electron chi connectivity index (χ2n) is 5.41. The van der Waals surface area contributed by atoms with Gasteiger partial charge in [-0.05, 0) is 53.4 Å². The van der Waals surface area contributed by atoms with Crippen molar-refractivity contribution in [1.82, 2.24) is 0 Å². The van der Waals surface area contributed by atoms with Crippen LogP contribution in [0.2, 0.25) is 0 Å². The first-order valence-electron chi connectivity index (χ1n) is 8.82. The number of rotatable bonds is 11. The summed E-state index contributed by atoms with van der Waals surface area (Å²) >= 11 is 0. The van der Waals surface area contributed by atoms with Gasteiger partial charge in [0.15, 0.2) is 0 Å². The lowest BCUT2D eigenvalue weighted by Crippen LogP contribution is -1.94. The van der Waals surface area contributed by atoms with Crippen molar-refractivity contribution in [2.75, 3.05) is 6.61 Å². The van der Waals surface area contributed by atoms with Crippen LogP contribution in [-0.4, -0.2) is 21.3 Å². The van der Waals surface area contributed by atoms with Gasteiger partial charge in [-0.25, -0.2) is 9.13 Å². The Morgan fingerprint density at radius 2 is 1.46 bits per heavy atom. The summed E-state index contributed by atoms with van der Waals surface area (Å²) in [5.41, 5.74) is 2.30. The standard InChI is InChI=1S/C15H28O7P2/c1-13(2)7-5-8-14(3)9-6-10-15(4)11-12-21-24(19,20)22-23(16,17)18/h7,9,11H,5-6,8,10,12H2,1-4H3,(H,19,20)(H2,16,17,18)/b14-9+,15-11+/i7D,9D,11D. The van der Waals surface area contributed by atoms with Gasteiger partial charge in [0, 0.05) is 0 Å². The Morgan fingerprint density at radius 3 is 1.96 bits per heavy atom. The molecule has 0 aromatic rings. The number of phosphoric ester groups is 1. The summed E-state index contributed by atoms with van der Waals surface area (Å²) in [5.74, 6) is 0. The molecular weight excluding hydrogens is 354 g/mol. The van der Waals surface area contributed by atoms with Crippen LogP contribution in [0.5, 0.6) is 0 Å². The summed E-state index contributed by atoms with van der Waals surface area (Å²) in [6, 6.07) is 0.819. The van der Waals surface area contributed by atoms with Gasteiger partial charge in [-0.3, -0.25) is 4.52 Å².